The fraction of sp³-hybridized carbons (Fsp3) is 0.192. The molecule has 0 fully saturated rings. The minimum Gasteiger partial charge on any atom is -0.493 e. The first-order valence-corrected chi connectivity index (χ1v) is 10.3. The molecular formula is C26H26N2O2. The summed E-state index contributed by atoms with van der Waals surface area (Å²) >= 11 is 0. The number of amides is 2. The van der Waals surface area contributed by atoms with Crippen molar-refractivity contribution >= 4 is 17.5 Å². The maximum Gasteiger partial charge on any atom is 0.323 e. The van der Waals surface area contributed by atoms with Crippen LogP contribution < -0.4 is 10.2 Å². The molecule has 0 aromatic heterocycles. The number of benzene rings is 3. The monoisotopic (exact) mass is 398 g/mol. The number of fused-ring (bicyclic) bond motifs is 1. The van der Waals surface area contributed by atoms with Gasteiger partial charge in [0.05, 0.1) is 18.3 Å². The van der Waals surface area contributed by atoms with Gasteiger partial charge >= 0.3 is 6.03 Å². The van der Waals surface area contributed by atoms with E-state index in [-0.39, 0.29) is 12.1 Å². The average molecular weight is 399 g/mol. The van der Waals surface area contributed by atoms with Gasteiger partial charge < -0.3 is 10.1 Å². The largest absolute Gasteiger partial charge is 0.493 e. The molecule has 1 aliphatic heterocycles. The number of urea groups is 1. The summed E-state index contributed by atoms with van der Waals surface area (Å²) < 4.78 is 5.94. The number of carbonyl (C=O) groups is 1. The van der Waals surface area contributed by atoms with Gasteiger partial charge in [-0.1, -0.05) is 72.3 Å². The molecule has 1 N–H and O–H groups in total. The van der Waals surface area contributed by atoms with Gasteiger partial charge in [0, 0.05) is 12.1 Å². The van der Waals surface area contributed by atoms with Gasteiger partial charge in [-0.15, -0.1) is 0 Å². The Hall–Kier alpha value is -3.53. The van der Waals surface area contributed by atoms with Gasteiger partial charge in [-0.25, -0.2) is 4.79 Å². The van der Waals surface area contributed by atoms with Gasteiger partial charge in [0.2, 0.25) is 0 Å². The SMILES string of the molecule is CCOC1=CC(c2ccc(C)cc2)N(C(=O)NCc2ccccc2)c2ccccc21. The third-order valence-corrected chi connectivity index (χ3v) is 5.24. The van der Waals surface area contributed by atoms with E-state index in [4.69, 9.17) is 4.74 Å². The Morgan fingerprint density at radius 3 is 2.40 bits per heavy atom. The lowest BCUT2D eigenvalue weighted by atomic mass is 9.95. The Morgan fingerprint density at radius 2 is 1.67 bits per heavy atom. The second-order valence-corrected chi connectivity index (χ2v) is 7.35. The number of hydrogen-bond acceptors (Lipinski definition) is 2. The molecule has 1 atom stereocenters. The molecule has 4 heteroatoms. The van der Waals surface area contributed by atoms with Crippen LogP contribution >= 0.6 is 0 Å². The zero-order valence-corrected chi connectivity index (χ0v) is 17.3. The summed E-state index contributed by atoms with van der Waals surface area (Å²) in [6.45, 7) is 5.08. The third kappa shape index (κ3) is 4.08. The van der Waals surface area contributed by atoms with E-state index in [0.717, 1.165) is 28.1 Å². The van der Waals surface area contributed by atoms with Crippen molar-refractivity contribution in [3.63, 3.8) is 0 Å². The highest BCUT2D eigenvalue weighted by molar-refractivity contribution is 5.98. The van der Waals surface area contributed by atoms with Crippen molar-refractivity contribution < 1.29 is 9.53 Å². The number of carbonyl (C=O) groups excluding carboxylic acids is 1. The highest BCUT2D eigenvalue weighted by Gasteiger charge is 2.32. The number of hydrogen-bond donors (Lipinski definition) is 1. The Bertz CT molecular complexity index is 1040. The highest BCUT2D eigenvalue weighted by Crippen LogP contribution is 2.40. The highest BCUT2D eigenvalue weighted by atomic mass is 16.5. The molecule has 0 aliphatic carbocycles. The third-order valence-electron chi connectivity index (χ3n) is 5.24. The van der Waals surface area contributed by atoms with Crippen LogP contribution in [-0.2, 0) is 11.3 Å². The average Bonchev–Trinajstić information content (AvgIpc) is 2.79. The fourth-order valence-corrected chi connectivity index (χ4v) is 3.73. The molecule has 0 spiro atoms. The minimum absolute atomic E-state index is 0.135. The molecule has 1 unspecified atom stereocenters. The second-order valence-electron chi connectivity index (χ2n) is 7.35. The topological polar surface area (TPSA) is 41.6 Å². The zero-order valence-electron chi connectivity index (χ0n) is 17.3. The van der Waals surface area contributed by atoms with Crippen LogP contribution in [0.5, 0.6) is 0 Å². The molecule has 3 aromatic rings. The summed E-state index contributed by atoms with van der Waals surface area (Å²) in [6.07, 6.45) is 2.04. The van der Waals surface area contributed by atoms with E-state index in [1.54, 1.807) is 0 Å². The smallest absolute Gasteiger partial charge is 0.323 e. The summed E-state index contributed by atoms with van der Waals surface area (Å²) in [6, 6.07) is 25.8. The van der Waals surface area contributed by atoms with Gasteiger partial charge in [0.15, 0.2) is 0 Å². The van der Waals surface area contributed by atoms with E-state index in [9.17, 15) is 4.79 Å². The number of aryl methyl sites for hydroxylation is 1. The lowest BCUT2D eigenvalue weighted by Gasteiger charge is -2.36. The molecular weight excluding hydrogens is 372 g/mol. The molecule has 2 amide bonds. The number of nitrogens with one attached hydrogen (secondary N) is 1. The van der Waals surface area contributed by atoms with Crippen molar-refractivity contribution in [1.29, 1.82) is 0 Å². The van der Waals surface area contributed by atoms with Gasteiger partial charge in [-0.3, -0.25) is 4.90 Å². The lowest BCUT2D eigenvalue weighted by molar-refractivity contribution is 0.244. The Kier molecular flexibility index (Phi) is 5.84. The van der Waals surface area contributed by atoms with Crippen LogP contribution in [0.4, 0.5) is 10.5 Å². The van der Waals surface area contributed by atoms with Crippen LogP contribution in [0.15, 0.2) is 84.9 Å². The van der Waals surface area contributed by atoms with Crippen LogP contribution in [0.25, 0.3) is 5.76 Å². The molecule has 0 saturated heterocycles. The van der Waals surface area contributed by atoms with Crippen LogP contribution in [-0.4, -0.2) is 12.6 Å². The Balaban J connectivity index is 1.72. The van der Waals surface area contributed by atoms with Gasteiger partial charge in [-0.05, 0) is 43.2 Å². The van der Waals surface area contributed by atoms with E-state index in [2.05, 4.69) is 36.5 Å². The summed E-state index contributed by atoms with van der Waals surface area (Å²) in [5, 5.41) is 3.08. The normalized spacial score (nSPS) is 15.2. The fourth-order valence-electron chi connectivity index (χ4n) is 3.73. The van der Waals surface area contributed by atoms with E-state index < -0.39 is 0 Å². The van der Waals surface area contributed by atoms with Crippen LogP contribution in [0, 0.1) is 6.92 Å². The molecule has 4 nitrogen and oxygen atoms in total. The summed E-state index contributed by atoms with van der Waals surface area (Å²) in [7, 11) is 0. The van der Waals surface area contributed by atoms with Crippen molar-refractivity contribution in [2.45, 2.75) is 26.4 Å². The number of rotatable bonds is 5. The standard InChI is InChI=1S/C26H26N2O2/c1-3-30-25-17-24(21-15-13-19(2)14-16-21)28(23-12-8-7-11-22(23)25)26(29)27-18-20-9-5-4-6-10-20/h4-17,24H,3,18H2,1-2H3,(H,27,29). The number of para-hydroxylation sites is 1. The minimum atomic E-state index is -0.252. The molecule has 0 radical (unpaired) electrons. The lowest BCUT2D eigenvalue weighted by Crippen LogP contribution is -2.43. The van der Waals surface area contributed by atoms with Gasteiger partial charge in [0.25, 0.3) is 0 Å². The first-order chi connectivity index (χ1) is 14.7. The van der Waals surface area contributed by atoms with Gasteiger partial charge in [0.1, 0.15) is 5.76 Å². The molecule has 3 aromatic carbocycles. The second kappa shape index (κ2) is 8.87. The van der Waals surface area contributed by atoms with Crippen LogP contribution in [0.2, 0.25) is 0 Å². The molecule has 0 bridgehead atoms. The summed E-state index contributed by atoms with van der Waals surface area (Å²) in [5.74, 6) is 0.811. The molecule has 4 rings (SSSR count). The predicted molar refractivity (Wildman–Crippen MR) is 121 cm³/mol. The maximum absolute atomic E-state index is 13.4. The van der Waals surface area contributed by atoms with Crippen molar-refractivity contribution in [2.24, 2.45) is 0 Å². The van der Waals surface area contributed by atoms with Crippen LogP contribution in [0.1, 0.15) is 35.2 Å². The number of ether oxygens (including phenoxy) is 1. The van der Waals surface area contributed by atoms with Crippen molar-refractivity contribution in [3.8, 4) is 0 Å². The molecule has 1 aliphatic rings. The van der Waals surface area contributed by atoms with E-state index in [0.29, 0.717) is 13.2 Å². The first kappa shape index (κ1) is 19.8. The van der Waals surface area contributed by atoms with Crippen molar-refractivity contribution in [1.82, 2.24) is 5.32 Å². The van der Waals surface area contributed by atoms with Crippen LogP contribution in [0.3, 0.4) is 0 Å². The van der Waals surface area contributed by atoms with E-state index in [1.807, 2.05) is 72.5 Å². The maximum atomic E-state index is 13.4. The molecule has 1 heterocycles. The summed E-state index contributed by atoms with van der Waals surface area (Å²) in [4.78, 5) is 15.2. The Labute approximate surface area is 177 Å². The van der Waals surface area contributed by atoms with Crippen molar-refractivity contribution in [2.75, 3.05) is 11.5 Å². The number of anilines is 1. The quantitative estimate of drug-likeness (QED) is 0.586. The number of nitrogens with zero attached hydrogens (tertiary/aromatic N) is 1. The first-order valence-electron chi connectivity index (χ1n) is 10.3. The molecule has 152 valence electrons. The van der Waals surface area contributed by atoms with E-state index >= 15 is 0 Å². The molecule has 30 heavy (non-hydrogen) atoms. The van der Waals surface area contributed by atoms with Gasteiger partial charge in [-0.2, -0.15) is 0 Å². The van der Waals surface area contributed by atoms with Crippen molar-refractivity contribution in [3.05, 3.63) is 107 Å². The zero-order chi connectivity index (χ0) is 20.9. The molecule has 0 saturated carbocycles. The van der Waals surface area contributed by atoms with E-state index in [1.165, 1.54) is 5.56 Å². The predicted octanol–water partition coefficient (Wildman–Crippen LogP) is 5.84. The Morgan fingerprint density at radius 1 is 0.967 bits per heavy atom. The summed E-state index contributed by atoms with van der Waals surface area (Å²) in [5.41, 5.74) is 5.07.